The number of nitrogens with zero attached hydrogens (tertiary/aromatic N) is 1. The molecular weight excluding hydrogens is 705 g/mol. The molecule has 1 aliphatic carbocycles. The molecule has 5 rings (SSSR count). The summed E-state index contributed by atoms with van der Waals surface area (Å²) >= 11 is 2.19. The van der Waals surface area contributed by atoms with Crippen LogP contribution in [0.4, 0.5) is 0 Å². The van der Waals surface area contributed by atoms with Gasteiger partial charge in [-0.15, -0.1) is 0 Å². The molecule has 1 saturated carbocycles. The predicted octanol–water partition coefficient (Wildman–Crippen LogP) is 0.297. The van der Waals surface area contributed by atoms with Crippen LogP contribution in [0, 0.1) is 8.99 Å². The molecule has 1 aromatic carbocycles. The van der Waals surface area contributed by atoms with Crippen LogP contribution in [0.3, 0.4) is 0 Å². The summed E-state index contributed by atoms with van der Waals surface area (Å²) in [6.45, 7) is 6.16. The zero-order valence-electron chi connectivity index (χ0n) is 25.6. The van der Waals surface area contributed by atoms with E-state index >= 15 is 0 Å². The maximum Gasteiger partial charge on any atom is 0.327 e. The minimum absolute atomic E-state index is 0.0525. The zero-order valence-corrected chi connectivity index (χ0v) is 27.7. The molecule has 3 aliphatic heterocycles. The molecule has 1 aromatic rings. The van der Waals surface area contributed by atoms with Crippen molar-refractivity contribution in [1.82, 2.24) is 15.7 Å². The third-order valence-corrected chi connectivity index (χ3v) is 9.20. The molecule has 4 aliphatic rings. The fourth-order valence-corrected chi connectivity index (χ4v) is 6.83. The number of aliphatic hydroxyl groups excluding tert-OH is 2. The summed E-state index contributed by atoms with van der Waals surface area (Å²) in [5.41, 5.74) is -1.38. The van der Waals surface area contributed by atoms with E-state index in [-0.39, 0.29) is 32.6 Å². The molecule has 0 unspecified atom stereocenters. The molecule has 4 fully saturated rings. The Balaban J connectivity index is 1.36. The highest BCUT2D eigenvalue weighted by Crippen LogP contribution is 2.55. The number of hydroxylamine groups is 2. The summed E-state index contributed by atoms with van der Waals surface area (Å²) < 4.78 is 23.7. The summed E-state index contributed by atoms with van der Waals surface area (Å²) in [6, 6.07) is 4.14. The molecule has 2 bridgehead atoms. The Hall–Kier alpha value is -2.41. The van der Waals surface area contributed by atoms with Crippen molar-refractivity contribution in [2.45, 2.75) is 108 Å². The number of halogens is 1. The van der Waals surface area contributed by atoms with Crippen molar-refractivity contribution < 1.29 is 53.2 Å². The highest BCUT2D eigenvalue weighted by atomic mass is 127. The number of carbonyl (C=O) groups excluding carboxylic acids is 4. The number of hydrogen-bond acceptors (Lipinski definition) is 12. The lowest BCUT2D eigenvalue weighted by molar-refractivity contribution is -0.201. The Bertz CT molecular complexity index is 1290. The number of carbonyl (C=O) groups is 4. The van der Waals surface area contributed by atoms with Crippen LogP contribution in [-0.4, -0.2) is 107 Å². The van der Waals surface area contributed by atoms with E-state index in [1.165, 1.54) is 12.0 Å². The van der Waals surface area contributed by atoms with E-state index < -0.39 is 90.0 Å². The van der Waals surface area contributed by atoms with Gasteiger partial charge in [-0.25, -0.2) is 0 Å². The second-order valence-corrected chi connectivity index (χ2v) is 14.2. The fraction of sp³-hybridized carbons (Fsp3) is 0.667. The Morgan fingerprint density at radius 3 is 2.49 bits per heavy atom. The van der Waals surface area contributed by atoms with Gasteiger partial charge < -0.3 is 39.8 Å². The molecule has 0 aromatic heterocycles. The van der Waals surface area contributed by atoms with Gasteiger partial charge in [-0.05, 0) is 74.4 Å². The lowest BCUT2D eigenvalue weighted by atomic mass is 9.62. The Labute approximate surface area is 274 Å². The van der Waals surface area contributed by atoms with E-state index in [0.717, 1.165) is 9.13 Å². The summed E-state index contributed by atoms with van der Waals surface area (Å²) in [4.78, 5) is 59.8. The van der Waals surface area contributed by atoms with Crippen molar-refractivity contribution in [2.24, 2.45) is 5.41 Å². The number of nitrogens with one attached hydrogen (secondary N) is 2. The molecular formula is C30H40IN3O11. The number of esters is 2. The van der Waals surface area contributed by atoms with Gasteiger partial charge in [0, 0.05) is 16.4 Å². The molecule has 0 spiro atoms. The third kappa shape index (κ3) is 6.99. The SMILES string of the molecule is C[C@H](O)[C@@H](NC(=O)[C@@]12C[C@H]3OC(=O)[C@@H]1N(Cc1ccc(I)cc1)O[C@@H]2[C@H]1OCO[C@H]13)C(=O)N[C@H](CO)CCC(=O)OC(C)(C)C. The molecule has 0 radical (unpaired) electrons. The Morgan fingerprint density at radius 1 is 1.16 bits per heavy atom. The van der Waals surface area contributed by atoms with Crippen molar-refractivity contribution in [3.8, 4) is 0 Å². The first-order chi connectivity index (χ1) is 21.2. The van der Waals surface area contributed by atoms with Gasteiger partial charge in [0.25, 0.3) is 0 Å². The van der Waals surface area contributed by atoms with Gasteiger partial charge in [0.05, 0.1) is 25.3 Å². The Kier molecular flexibility index (Phi) is 10.1. The molecule has 3 saturated heterocycles. The quantitative estimate of drug-likeness (QED) is 0.180. The van der Waals surface area contributed by atoms with Gasteiger partial charge in [-0.1, -0.05) is 12.1 Å². The van der Waals surface area contributed by atoms with Gasteiger partial charge in [0.1, 0.15) is 48.3 Å². The normalized spacial score (nSPS) is 30.9. The van der Waals surface area contributed by atoms with Gasteiger partial charge >= 0.3 is 11.9 Å². The second-order valence-electron chi connectivity index (χ2n) is 12.9. The summed E-state index contributed by atoms with van der Waals surface area (Å²) in [6.07, 6.45) is -4.38. The zero-order chi connectivity index (χ0) is 32.7. The van der Waals surface area contributed by atoms with Gasteiger partial charge in [-0.2, -0.15) is 5.06 Å². The first kappa shape index (κ1) is 33.9. The smallest absolute Gasteiger partial charge is 0.327 e. The molecule has 14 nitrogen and oxygen atoms in total. The van der Waals surface area contributed by atoms with Crippen LogP contribution in [0.1, 0.15) is 52.5 Å². The number of benzene rings is 1. The van der Waals surface area contributed by atoms with Crippen molar-refractivity contribution in [2.75, 3.05) is 13.4 Å². The average molecular weight is 746 g/mol. The number of hydrogen-bond donors (Lipinski definition) is 4. The average Bonchev–Trinajstić information content (AvgIpc) is 3.58. The van der Waals surface area contributed by atoms with Crippen LogP contribution >= 0.6 is 22.6 Å². The second kappa shape index (κ2) is 13.4. The van der Waals surface area contributed by atoms with E-state index in [9.17, 15) is 29.4 Å². The van der Waals surface area contributed by atoms with Crippen molar-refractivity contribution in [3.63, 3.8) is 0 Å². The Morgan fingerprint density at radius 2 is 1.84 bits per heavy atom. The number of rotatable bonds is 11. The topological polar surface area (TPSA) is 182 Å². The molecule has 3 heterocycles. The van der Waals surface area contributed by atoms with Crippen LogP contribution in [0.2, 0.25) is 0 Å². The van der Waals surface area contributed by atoms with Crippen molar-refractivity contribution >= 4 is 46.3 Å². The maximum atomic E-state index is 14.4. The highest BCUT2D eigenvalue weighted by molar-refractivity contribution is 14.1. The minimum atomic E-state index is -1.53. The monoisotopic (exact) mass is 745 g/mol. The van der Waals surface area contributed by atoms with Gasteiger partial charge in [0.2, 0.25) is 11.8 Å². The van der Waals surface area contributed by atoms with Crippen LogP contribution in [-0.2, 0) is 49.5 Å². The van der Waals surface area contributed by atoms with E-state index in [1.807, 2.05) is 24.3 Å². The van der Waals surface area contributed by atoms with Crippen molar-refractivity contribution in [1.29, 1.82) is 0 Å². The number of aliphatic hydroxyl groups is 2. The summed E-state index contributed by atoms with van der Waals surface area (Å²) in [7, 11) is 0. The first-order valence-corrected chi connectivity index (χ1v) is 16.0. The van der Waals surface area contributed by atoms with Crippen molar-refractivity contribution in [3.05, 3.63) is 33.4 Å². The molecule has 9 atom stereocenters. The number of ether oxygens (including phenoxy) is 4. The molecule has 4 N–H and O–H groups in total. The van der Waals surface area contributed by atoms with E-state index in [0.29, 0.717) is 0 Å². The van der Waals surface area contributed by atoms with Crippen LogP contribution in [0.5, 0.6) is 0 Å². The predicted molar refractivity (Wildman–Crippen MR) is 163 cm³/mol. The van der Waals surface area contributed by atoms with Crippen LogP contribution in [0.25, 0.3) is 0 Å². The van der Waals surface area contributed by atoms with Gasteiger partial charge in [-0.3, -0.25) is 24.0 Å². The molecule has 15 heteroatoms. The standard InChI is InChI=1S/C30H40IN3O11/c1-15(36)21(26(38)32-18(13-35)9-10-20(37)44-29(2,3)4)33-28(40)30-11-19-22-23(42-14-41-22)25(30)45-34(24(30)27(39)43-19)12-16-5-7-17(31)8-6-16/h5-8,15,18-19,21-25,35-36H,9-14H2,1-4H3,(H,32,38)(H,33,40)/t15-,18-,19+,21+,22-,23-,24-,25+,30-/m0/s1. The minimum Gasteiger partial charge on any atom is -0.460 e. The summed E-state index contributed by atoms with van der Waals surface area (Å²) in [5.74, 6) is -2.61. The first-order valence-electron chi connectivity index (χ1n) is 15.0. The molecule has 248 valence electrons. The van der Waals surface area contributed by atoms with E-state index in [1.54, 1.807) is 20.8 Å². The fourth-order valence-electron chi connectivity index (χ4n) is 6.47. The molecule has 45 heavy (non-hydrogen) atoms. The van der Waals surface area contributed by atoms with E-state index in [2.05, 4.69) is 33.2 Å². The number of amides is 2. The lowest BCUT2D eigenvalue weighted by Crippen LogP contribution is -2.71. The lowest BCUT2D eigenvalue weighted by Gasteiger charge is -2.49. The maximum absolute atomic E-state index is 14.4. The third-order valence-electron chi connectivity index (χ3n) is 8.48. The molecule has 2 amide bonds. The highest BCUT2D eigenvalue weighted by Gasteiger charge is 2.74. The van der Waals surface area contributed by atoms with Gasteiger partial charge in [0.15, 0.2) is 6.04 Å². The van der Waals surface area contributed by atoms with Crippen LogP contribution in [0.15, 0.2) is 24.3 Å². The summed E-state index contributed by atoms with van der Waals surface area (Å²) in [5, 5.41) is 27.2. The van der Waals surface area contributed by atoms with Crippen LogP contribution < -0.4 is 10.6 Å². The van der Waals surface area contributed by atoms with E-state index in [4.69, 9.17) is 23.8 Å². The largest absolute Gasteiger partial charge is 0.460 e. The number of fused-ring (bicyclic) bond motifs is 4.